The highest BCUT2D eigenvalue weighted by molar-refractivity contribution is 5.53. The van der Waals surface area contributed by atoms with Gasteiger partial charge < -0.3 is 9.80 Å². The highest BCUT2D eigenvalue weighted by Crippen LogP contribution is 2.33. The second kappa shape index (κ2) is 7.39. The van der Waals surface area contributed by atoms with Gasteiger partial charge >= 0.3 is 0 Å². The van der Waals surface area contributed by atoms with Gasteiger partial charge in [-0.15, -0.1) is 0 Å². The minimum absolute atomic E-state index is 0.204. The van der Waals surface area contributed by atoms with E-state index in [1.807, 2.05) is 12.4 Å². The summed E-state index contributed by atoms with van der Waals surface area (Å²) in [6.07, 6.45) is 3.73. The van der Waals surface area contributed by atoms with Crippen LogP contribution in [0.1, 0.15) is 22.6 Å². The first-order valence-electron chi connectivity index (χ1n) is 8.51. The van der Waals surface area contributed by atoms with Crippen molar-refractivity contribution in [2.75, 3.05) is 38.0 Å². The molecule has 3 aromatic rings. The zero-order valence-electron chi connectivity index (χ0n) is 15.3. The maximum absolute atomic E-state index is 4.18. The quantitative estimate of drug-likeness (QED) is 0.691. The molecule has 0 aliphatic rings. The van der Waals surface area contributed by atoms with E-state index in [1.54, 1.807) is 0 Å². The van der Waals surface area contributed by atoms with E-state index in [9.17, 15) is 0 Å². The van der Waals surface area contributed by atoms with Crippen molar-refractivity contribution in [2.24, 2.45) is 0 Å². The summed E-state index contributed by atoms with van der Waals surface area (Å²) in [5.41, 5.74) is 6.24. The fourth-order valence-corrected chi connectivity index (χ4v) is 3.06. The van der Waals surface area contributed by atoms with Crippen LogP contribution in [0.15, 0.2) is 73.1 Å². The van der Waals surface area contributed by atoms with Gasteiger partial charge in [-0.05, 0) is 53.1 Å². The minimum atomic E-state index is 0.204. The van der Waals surface area contributed by atoms with Crippen molar-refractivity contribution in [1.82, 2.24) is 4.98 Å². The van der Waals surface area contributed by atoms with E-state index in [1.165, 1.54) is 28.1 Å². The lowest BCUT2D eigenvalue weighted by molar-refractivity contribution is 0.967. The first-order valence-corrected chi connectivity index (χ1v) is 8.51. The third-order valence-electron chi connectivity index (χ3n) is 4.53. The fourth-order valence-electron chi connectivity index (χ4n) is 3.06. The largest absolute Gasteiger partial charge is 0.378 e. The van der Waals surface area contributed by atoms with Gasteiger partial charge in [0.25, 0.3) is 0 Å². The van der Waals surface area contributed by atoms with Crippen LogP contribution < -0.4 is 9.80 Å². The van der Waals surface area contributed by atoms with E-state index in [4.69, 9.17) is 0 Å². The van der Waals surface area contributed by atoms with Crippen LogP contribution in [0.4, 0.5) is 11.4 Å². The molecule has 2 aromatic carbocycles. The Morgan fingerprint density at radius 1 is 0.560 bits per heavy atom. The molecule has 0 aliphatic carbocycles. The third-order valence-corrected chi connectivity index (χ3v) is 4.53. The van der Waals surface area contributed by atoms with Crippen LogP contribution in [0.2, 0.25) is 0 Å². The summed E-state index contributed by atoms with van der Waals surface area (Å²) < 4.78 is 0. The lowest BCUT2D eigenvalue weighted by Crippen LogP contribution is -2.10. The van der Waals surface area contributed by atoms with Crippen LogP contribution in [-0.2, 0) is 0 Å². The molecule has 0 fully saturated rings. The molecule has 0 bridgehead atoms. The topological polar surface area (TPSA) is 19.4 Å². The Kier molecular flexibility index (Phi) is 5.03. The second-order valence-corrected chi connectivity index (χ2v) is 6.69. The standard InChI is InChI=1S/C22H25N3/c1-24(2)20-9-5-17(6-10-20)22(19-13-15-23-16-14-19)18-7-11-21(12-8-18)25(3)4/h5-16,22H,1-4H3. The predicted molar refractivity (Wildman–Crippen MR) is 107 cm³/mol. The van der Waals surface area contributed by atoms with Crippen molar-refractivity contribution in [2.45, 2.75) is 5.92 Å². The highest BCUT2D eigenvalue weighted by Gasteiger charge is 2.17. The van der Waals surface area contributed by atoms with Crippen LogP contribution in [0.5, 0.6) is 0 Å². The van der Waals surface area contributed by atoms with Gasteiger partial charge in [-0.2, -0.15) is 0 Å². The molecular formula is C22H25N3. The number of benzene rings is 2. The molecule has 1 heterocycles. The predicted octanol–water partition coefficient (Wildman–Crippen LogP) is 4.39. The van der Waals surface area contributed by atoms with E-state index in [0.29, 0.717) is 0 Å². The molecule has 0 saturated carbocycles. The molecule has 0 N–H and O–H groups in total. The van der Waals surface area contributed by atoms with Gasteiger partial charge in [-0.1, -0.05) is 24.3 Å². The number of rotatable bonds is 5. The van der Waals surface area contributed by atoms with Gasteiger partial charge in [-0.3, -0.25) is 4.98 Å². The first kappa shape index (κ1) is 17.0. The van der Waals surface area contributed by atoms with Crippen LogP contribution in [0.3, 0.4) is 0 Å². The first-order chi connectivity index (χ1) is 12.1. The van der Waals surface area contributed by atoms with Gasteiger partial charge in [-0.25, -0.2) is 0 Å². The molecule has 25 heavy (non-hydrogen) atoms. The van der Waals surface area contributed by atoms with Gasteiger partial charge in [0.05, 0.1) is 0 Å². The maximum Gasteiger partial charge on any atom is 0.0361 e. The zero-order valence-corrected chi connectivity index (χ0v) is 15.3. The van der Waals surface area contributed by atoms with Crippen molar-refractivity contribution in [1.29, 1.82) is 0 Å². The summed E-state index contributed by atoms with van der Waals surface area (Å²) in [6, 6.07) is 21.8. The van der Waals surface area contributed by atoms with E-state index in [-0.39, 0.29) is 5.92 Å². The summed E-state index contributed by atoms with van der Waals surface area (Å²) in [5, 5.41) is 0. The maximum atomic E-state index is 4.18. The van der Waals surface area contributed by atoms with Crippen molar-refractivity contribution < 1.29 is 0 Å². The summed E-state index contributed by atoms with van der Waals surface area (Å²) in [6.45, 7) is 0. The summed E-state index contributed by atoms with van der Waals surface area (Å²) in [5.74, 6) is 0.204. The SMILES string of the molecule is CN(C)c1ccc(C(c2ccncc2)c2ccc(N(C)C)cc2)cc1. The van der Waals surface area contributed by atoms with Gasteiger partial charge in [0.15, 0.2) is 0 Å². The number of pyridine rings is 1. The average Bonchev–Trinajstić information content (AvgIpc) is 2.64. The van der Waals surface area contributed by atoms with Crippen LogP contribution in [0, 0.1) is 0 Å². The van der Waals surface area contributed by atoms with E-state index in [0.717, 1.165) is 0 Å². The van der Waals surface area contributed by atoms with Crippen LogP contribution in [-0.4, -0.2) is 33.2 Å². The number of hydrogen-bond donors (Lipinski definition) is 0. The second-order valence-electron chi connectivity index (χ2n) is 6.69. The van der Waals surface area contributed by atoms with Gasteiger partial charge in [0.2, 0.25) is 0 Å². The lowest BCUT2D eigenvalue weighted by atomic mass is 9.85. The van der Waals surface area contributed by atoms with Crippen molar-refractivity contribution in [3.05, 3.63) is 89.7 Å². The van der Waals surface area contributed by atoms with E-state index >= 15 is 0 Å². The van der Waals surface area contributed by atoms with Gasteiger partial charge in [0.1, 0.15) is 0 Å². The molecule has 0 aliphatic heterocycles. The number of aromatic nitrogens is 1. The van der Waals surface area contributed by atoms with Crippen molar-refractivity contribution in [3.8, 4) is 0 Å². The number of nitrogens with zero attached hydrogens (tertiary/aromatic N) is 3. The van der Waals surface area contributed by atoms with Crippen LogP contribution in [0.25, 0.3) is 0 Å². The molecule has 0 atom stereocenters. The van der Waals surface area contributed by atoms with Gasteiger partial charge in [0, 0.05) is 57.9 Å². The summed E-state index contributed by atoms with van der Waals surface area (Å²) in [4.78, 5) is 8.42. The highest BCUT2D eigenvalue weighted by atomic mass is 15.1. The Balaban J connectivity index is 2.04. The molecule has 0 unspecified atom stereocenters. The number of anilines is 2. The third kappa shape index (κ3) is 3.82. The smallest absolute Gasteiger partial charge is 0.0361 e. The summed E-state index contributed by atoms with van der Waals surface area (Å²) in [7, 11) is 8.26. The Morgan fingerprint density at radius 2 is 0.920 bits per heavy atom. The molecule has 3 nitrogen and oxygen atoms in total. The Labute approximate surface area is 150 Å². The normalized spacial score (nSPS) is 10.8. The Bertz CT molecular complexity index is 739. The monoisotopic (exact) mass is 331 g/mol. The molecule has 3 heteroatoms. The Hall–Kier alpha value is -2.81. The average molecular weight is 331 g/mol. The molecule has 0 spiro atoms. The van der Waals surface area contributed by atoms with E-state index in [2.05, 4.69) is 104 Å². The summed E-state index contributed by atoms with van der Waals surface area (Å²) >= 11 is 0. The van der Waals surface area contributed by atoms with Crippen molar-refractivity contribution in [3.63, 3.8) is 0 Å². The van der Waals surface area contributed by atoms with E-state index < -0.39 is 0 Å². The Morgan fingerprint density at radius 3 is 1.28 bits per heavy atom. The van der Waals surface area contributed by atoms with Crippen molar-refractivity contribution >= 4 is 11.4 Å². The molecule has 0 saturated heterocycles. The molecule has 3 rings (SSSR count). The molecule has 1 aromatic heterocycles. The molecule has 0 radical (unpaired) electrons. The minimum Gasteiger partial charge on any atom is -0.378 e. The molecule has 128 valence electrons. The fraction of sp³-hybridized carbons (Fsp3) is 0.227. The molecule has 0 amide bonds. The number of hydrogen-bond acceptors (Lipinski definition) is 3. The molecular weight excluding hydrogens is 306 g/mol. The van der Waals surface area contributed by atoms with Crippen LogP contribution >= 0.6 is 0 Å². The lowest BCUT2D eigenvalue weighted by Gasteiger charge is -2.21. The zero-order chi connectivity index (χ0) is 17.8.